The van der Waals surface area contributed by atoms with E-state index in [0.717, 1.165) is 18.2 Å². The van der Waals surface area contributed by atoms with Gasteiger partial charge in [0.05, 0.1) is 6.04 Å². The summed E-state index contributed by atoms with van der Waals surface area (Å²) in [6.45, 7) is 0. The fourth-order valence-electron chi connectivity index (χ4n) is 1.67. The highest BCUT2D eigenvalue weighted by Gasteiger charge is 2.17. The molecule has 2 aromatic rings. The molecule has 1 unspecified atom stereocenters. The molecule has 0 aliphatic heterocycles. The van der Waals surface area contributed by atoms with Crippen LogP contribution in [0.15, 0.2) is 36.4 Å². The molecule has 0 spiro atoms. The zero-order chi connectivity index (χ0) is 13.3. The van der Waals surface area contributed by atoms with Crippen molar-refractivity contribution in [2.75, 3.05) is 0 Å². The first-order chi connectivity index (χ1) is 8.49. The number of rotatable bonds is 2. The Balaban J connectivity index is 2.44. The SMILES string of the molecule is NC(c1ccc(F)cc1F)c1ccc(F)cc1Cl. The summed E-state index contributed by atoms with van der Waals surface area (Å²) < 4.78 is 39.2. The van der Waals surface area contributed by atoms with Crippen LogP contribution in [0, 0.1) is 17.5 Å². The molecule has 18 heavy (non-hydrogen) atoms. The van der Waals surface area contributed by atoms with Gasteiger partial charge in [-0.2, -0.15) is 0 Å². The Kier molecular flexibility index (Phi) is 3.59. The fraction of sp³-hybridized carbons (Fsp3) is 0.0769. The van der Waals surface area contributed by atoms with Crippen LogP contribution in [0.25, 0.3) is 0 Å². The standard InChI is InChI=1S/C13H9ClF3N/c14-11-5-7(15)1-3-9(11)13(18)10-4-2-8(16)6-12(10)17/h1-6,13H,18H2. The Morgan fingerprint density at radius 2 is 1.44 bits per heavy atom. The Morgan fingerprint density at radius 1 is 0.889 bits per heavy atom. The van der Waals surface area contributed by atoms with Crippen LogP contribution in [0.5, 0.6) is 0 Å². The second kappa shape index (κ2) is 5.00. The maximum atomic E-state index is 13.6. The lowest BCUT2D eigenvalue weighted by atomic mass is 9.99. The molecule has 1 atom stereocenters. The van der Waals surface area contributed by atoms with Gasteiger partial charge >= 0.3 is 0 Å². The first kappa shape index (κ1) is 12.9. The molecule has 0 aromatic heterocycles. The van der Waals surface area contributed by atoms with E-state index in [4.69, 9.17) is 17.3 Å². The first-order valence-electron chi connectivity index (χ1n) is 5.14. The van der Waals surface area contributed by atoms with Crippen molar-refractivity contribution in [3.8, 4) is 0 Å². The van der Waals surface area contributed by atoms with Gasteiger partial charge in [-0.15, -0.1) is 0 Å². The molecule has 0 heterocycles. The summed E-state index contributed by atoms with van der Waals surface area (Å²) in [6.07, 6.45) is 0. The van der Waals surface area contributed by atoms with Crippen LogP contribution < -0.4 is 5.73 Å². The Labute approximate surface area is 107 Å². The molecule has 5 heteroatoms. The monoisotopic (exact) mass is 271 g/mol. The van der Waals surface area contributed by atoms with Crippen molar-refractivity contribution in [1.82, 2.24) is 0 Å². The van der Waals surface area contributed by atoms with Crippen molar-refractivity contribution < 1.29 is 13.2 Å². The molecule has 0 fully saturated rings. The van der Waals surface area contributed by atoms with Gasteiger partial charge in [-0.25, -0.2) is 13.2 Å². The van der Waals surface area contributed by atoms with Gasteiger partial charge in [-0.05, 0) is 23.8 Å². The molecule has 0 saturated carbocycles. The lowest BCUT2D eigenvalue weighted by Gasteiger charge is -2.15. The van der Waals surface area contributed by atoms with Crippen LogP contribution >= 0.6 is 11.6 Å². The highest BCUT2D eigenvalue weighted by Crippen LogP contribution is 2.28. The lowest BCUT2D eigenvalue weighted by Crippen LogP contribution is -2.14. The Bertz CT molecular complexity index is 535. The van der Waals surface area contributed by atoms with Crippen LogP contribution in [0.3, 0.4) is 0 Å². The summed E-state index contributed by atoms with van der Waals surface area (Å²) in [7, 11) is 0. The third-order valence-electron chi connectivity index (χ3n) is 2.60. The van der Waals surface area contributed by atoms with Crippen LogP contribution in [0.1, 0.15) is 17.2 Å². The third kappa shape index (κ3) is 2.49. The van der Waals surface area contributed by atoms with Gasteiger partial charge in [-0.3, -0.25) is 0 Å². The summed E-state index contributed by atoms with van der Waals surface area (Å²) in [4.78, 5) is 0. The van der Waals surface area contributed by atoms with Gasteiger partial charge in [0.1, 0.15) is 17.5 Å². The molecule has 2 N–H and O–H groups in total. The summed E-state index contributed by atoms with van der Waals surface area (Å²) in [5, 5.41) is 0.103. The van der Waals surface area contributed by atoms with Gasteiger partial charge in [0, 0.05) is 16.7 Å². The summed E-state index contributed by atoms with van der Waals surface area (Å²) in [5.41, 5.74) is 6.33. The number of hydrogen-bond donors (Lipinski definition) is 1. The van der Waals surface area contributed by atoms with Gasteiger partial charge < -0.3 is 5.73 Å². The first-order valence-corrected chi connectivity index (χ1v) is 5.52. The molecule has 0 bridgehead atoms. The fourth-order valence-corrected chi connectivity index (χ4v) is 1.96. The molecule has 0 saturated heterocycles. The van der Waals surface area contributed by atoms with Crippen molar-refractivity contribution >= 4 is 11.6 Å². The van der Waals surface area contributed by atoms with Crippen LogP contribution in [0.2, 0.25) is 5.02 Å². The Morgan fingerprint density at radius 3 is 2.00 bits per heavy atom. The van der Waals surface area contributed by atoms with Crippen molar-refractivity contribution in [3.63, 3.8) is 0 Å². The number of hydrogen-bond acceptors (Lipinski definition) is 1. The van der Waals surface area contributed by atoms with E-state index in [-0.39, 0.29) is 10.6 Å². The minimum Gasteiger partial charge on any atom is -0.320 e. The third-order valence-corrected chi connectivity index (χ3v) is 2.92. The number of benzene rings is 2. The van der Waals surface area contributed by atoms with Crippen LogP contribution in [-0.4, -0.2) is 0 Å². The minimum atomic E-state index is -0.876. The molecule has 1 nitrogen and oxygen atoms in total. The van der Waals surface area contributed by atoms with E-state index in [0.29, 0.717) is 5.56 Å². The molecule has 0 amide bonds. The van der Waals surface area contributed by atoms with Gasteiger partial charge in [0.15, 0.2) is 0 Å². The smallest absolute Gasteiger partial charge is 0.131 e. The maximum absolute atomic E-state index is 13.6. The largest absolute Gasteiger partial charge is 0.320 e. The molecule has 94 valence electrons. The van der Waals surface area contributed by atoms with Crippen LogP contribution in [0.4, 0.5) is 13.2 Å². The van der Waals surface area contributed by atoms with E-state index in [1.54, 1.807) is 0 Å². The van der Waals surface area contributed by atoms with E-state index in [9.17, 15) is 13.2 Å². The average Bonchev–Trinajstić information content (AvgIpc) is 2.28. The molecule has 2 rings (SSSR count). The zero-order valence-electron chi connectivity index (χ0n) is 9.13. The van der Waals surface area contributed by atoms with Crippen molar-refractivity contribution in [2.24, 2.45) is 5.73 Å². The minimum absolute atomic E-state index is 0.102. The van der Waals surface area contributed by atoms with Crippen molar-refractivity contribution in [1.29, 1.82) is 0 Å². The van der Waals surface area contributed by atoms with Gasteiger partial charge in [0.25, 0.3) is 0 Å². The maximum Gasteiger partial charge on any atom is 0.131 e. The van der Waals surface area contributed by atoms with E-state index in [2.05, 4.69) is 0 Å². The number of halogens is 4. The molecule has 2 aromatic carbocycles. The average molecular weight is 272 g/mol. The predicted molar refractivity (Wildman–Crippen MR) is 63.8 cm³/mol. The van der Waals surface area contributed by atoms with Crippen molar-refractivity contribution in [2.45, 2.75) is 6.04 Å². The number of nitrogens with two attached hydrogens (primary N) is 1. The highest BCUT2D eigenvalue weighted by atomic mass is 35.5. The second-order valence-corrected chi connectivity index (χ2v) is 4.22. The van der Waals surface area contributed by atoms with Gasteiger partial charge in [0.2, 0.25) is 0 Å². The molecule has 0 radical (unpaired) electrons. The summed E-state index contributed by atoms with van der Waals surface area (Å²) in [5.74, 6) is -1.95. The second-order valence-electron chi connectivity index (χ2n) is 3.81. The predicted octanol–water partition coefficient (Wildman–Crippen LogP) is 3.81. The van der Waals surface area contributed by atoms with E-state index in [1.807, 2.05) is 0 Å². The Hall–Kier alpha value is -1.52. The molecule has 0 aliphatic rings. The van der Waals surface area contributed by atoms with E-state index in [1.165, 1.54) is 18.2 Å². The topological polar surface area (TPSA) is 26.0 Å². The summed E-state index contributed by atoms with van der Waals surface area (Å²) in [6, 6.07) is 5.88. The molecule has 0 aliphatic carbocycles. The molecular weight excluding hydrogens is 263 g/mol. The summed E-state index contributed by atoms with van der Waals surface area (Å²) >= 11 is 5.84. The van der Waals surface area contributed by atoms with E-state index < -0.39 is 23.5 Å². The van der Waals surface area contributed by atoms with Crippen molar-refractivity contribution in [3.05, 3.63) is 70.0 Å². The normalized spacial score (nSPS) is 12.5. The quantitative estimate of drug-likeness (QED) is 0.883. The van der Waals surface area contributed by atoms with E-state index >= 15 is 0 Å². The highest BCUT2D eigenvalue weighted by molar-refractivity contribution is 6.31. The lowest BCUT2D eigenvalue weighted by molar-refractivity contribution is 0.565. The molecular formula is C13H9ClF3N. The van der Waals surface area contributed by atoms with Gasteiger partial charge in [-0.1, -0.05) is 23.7 Å². The van der Waals surface area contributed by atoms with Crippen LogP contribution in [-0.2, 0) is 0 Å². The zero-order valence-corrected chi connectivity index (χ0v) is 9.89.